The number of nitrogens with zero attached hydrogens (tertiary/aromatic N) is 5. The van der Waals surface area contributed by atoms with Crippen LogP contribution in [0.4, 0.5) is 10.6 Å². The highest BCUT2D eigenvalue weighted by atomic mass is 16.6. The fourth-order valence-corrected chi connectivity index (χ4v) is 7.27. The molecule has 0 aromatic carbocycles. The van der Waals surface area contributed by atoms with Gasteiger partial charge in [0.1, 0.15) is 29.6 Å². The number of rotatable bonds is 12. The number of ether oxygens (including phenoxy) is 2. The Morgan fingerprint density at radius 1 is 1.00 bits per heavy atom. The Morgan fingerprint density at radius 2 is 1.73 bits per heavy atom. The predicted octanol–water partition coefficient (Wildman–Crippen LogP) is 7.03. The third kappa shape index (κ3) is 8.60. The standard InChI is InChI=1S/C38H51N5O6/c1-5-30(44)22-42(3)38(46)49-31-14-12-28(13-15-31)37(45)43(35-20-29(18-19-39-35)33-23-48-36(41-33)27-10-11-27)21-25-6-8-26(9-7-25)32-16-17-34(47-4)24(2)40-32/h16-20,23,25-28,30-31,44H,5-15,21-22H2,1-4H3/t25?,26?,28-,30?,31-. The van der Waals surface area contributed by atoms with E-state index in [9.17, 15) is 14.7 Å². The summed E-state index contributed by atoms with van der Waals surface area (Å²) in [6, 6.07) is 7.98. The SMILES string of the molecule is CCC(O)CN(C)C(=O)O[C@H]1CC[C@H](C(=O)N(CC2CCC(c3ccc(OC)c(C)n3)CC2)c2cc(-c3coc(C4CC4)n3)ccn2)CC1. The largest absolute Gasteiger partial charge is 0.495 e. The average molecular weight is 674 g/mol. The normalized spacial score (nSPS) is 23.0. The van der Waals surface area contributed by atoms with Crippen LogP contribution in [-0.4, -0.2) is 76.4 Å². The number of likely N-dealkylation sites (N-methyl/N-ethyl adjacent to an activating group) is 1. The molecule has 1 atom stereocenters. The highest BCUT2D eigenvalue weighted by Crippen LogP contribution is 2.41. The zero-order valence-electron chi connectivity index (χ0n) is 29.3. The van der Waals surface area contributed by atoms with E-state index in [1.807, 2.05) is 36.9 Å². The van der Waals surface area contributed by atoms with Crippen molar-refractivity contribution in [2.45, 2.75) is 109 Å². The first-order valence-electron chi connectivity index (χ1n) is 18.1. The Balaban J connectivity index is 1.13. The van der Waals surface area contributed by atoms with Gasteiger partial charge < -0.3 is 23.9 Å². The molecule has 3 aromatic heterocycles. The van der Waals surface area contributed by atoms with Crippen LogP contribution in [0.2, 0.25) is 0 Å². The molecule has 1 unspecified atom stereocenters. The number of carbonyl (C=O) groups excluding carboxylic acids is 2. The molecule has 0 saturated heterocycles. The Labute approximate surface area is 289 Å². The van der Waals surface area contributed by atoms with Gasteiger partial charge in [0, 0.05) is 55.3 Å². The van der Waals surface area contributed by atoms with E-state index >= 15 is 0 Å². The summed E-state index contributed by atoms with van der Waals surface area (Å²) >= 11 is 0. The third-order valence-corrected chi connectivity index (χ3v) is 10.6. The molecule has 1 N–H and O–H groups in total. The molecule has 3 aliphatic rings. The Hall–Kier alpha value is -3.99. The van der Waals surface area contributed by atoms with Gasteiger partial charge in [-0.2, -0.15) is 0 Å². The van der Waals surface area contributed by atoms with E-state index in [2.05, 4.69) is 6.07 Å². The Morgan fingerprint density at radius 3 is 2.41 bits per heavy atom. The summed E-state index contributed by atoms with van der Waals surface area (Å²) in [7, 11) is 3.31. The van der Waals surface area contributed by atoms with Gasteiger partial charge >= 0.3 is 6.09 Å². The first-order valence-corrected chi connectivity index (χ1v) is 18.1. The summed E-state index contributed by atoms with van der Waals surface area (Å²) in [5.74, 6) is 3.26. The third-order valence-electron chi connectivity index (χ3n) is 10.6. The number of aromatic nitrogens is 3. The van der Waals surface area contributed by atoms with Crippen LogP contribution in [0.3, 0.4) is 0 Å². The molecule has 11 heteroatoms. The maximum Gasteiger partial charge on any atom is 0.409 e. The van der Waals surface area contributed by atoms with E-state index in [1.165, 1.54) is 4.90 Å². The summed E-state index contributed by atoms with van der Waals surface area (Å²) in [6.45, 7) is 4.70. The quantitative estimate of drug-likeness (QED) is 0.215. The number of anilines is 1. The van der Waals surface area contributed by atoms with Crippen molar-refractivity contribution < 1.29 is 28.6 Å². The molecular weight excluding hydrogens is 622 g/mol. The number of aliphatic hydroxyl groups is 1. The Kier molecular flexibility index (Phi) is 11.2. The van der Waals surface area contributed by atoms with Gasteiger partial charge in [-0.25, -0.2) is 14.8 Å². The monoisotopic (exact) mass is 673 g/mol. The first kappa shape index (κ1) is 34.9. The second-order valence-corrected chi connectivity index (χ2v) is 14.2. The molecular formula is C38H51N5O6. The summed E-state index contributed by atoms with van der Waals surface area (Å²) < 4.78 is 16.9. The van der Waals surface area contributed by atoms with Crippen molar-refractivity contribution in [1.82, 2.24) is 19.9 Å². The van der Waals surface area contributed by atoms with E-state index < -0.39 is 12.2 Å². The predicted molar refractivity (Wildman–Crippen MR) is 185 cm³/mol. The second-order valence-electron chi connectivity index (χ2n) is 14.2. The van der Waals surface area contributed by atoms with Crippen LogP contribution in [0.25, 0.3) is 11.3 Å². The molecule has 11 nitrogen and oxygen atoms in total. The maximum atomic E-state index is 14.4. The summed E-state index contributed by atoms with van der Waals surface area (Å²) in [5, 5.41) is 9.93. The van der Waals surface area contributed by atoms with Crippen molar-refractivity contribution in [3.63, 3.8) is 0 Å². The fraction of sp³-hybridized carbons (Fsp3) is 0.605. The second kappa shape index (κ2) is 15.7. The molecule has 3 fully saturated rings. The van der Waals surface area contributed by atoms with Gasteiger partial charge in [0.2, 0.25) is 5.91 Å². The van der Waals surface area contributed by atoms with E-state index in [0.717, 1.165) is 72.8 Å². The molecule has 2 amide bonds. The molecule has 6 rings (SSSR count). The molecule has 0 aliphatic heterocycles. The van der Waals surface area contributed by atoms with Crippen LogP contribution in [-0.2, 0) is 9.53 Å². The van der Waals surface area contributed by atoms with Gasteiger partial charge in [-0.1, -0.05) is 6.92 Å². The smallest absolute Gasteiger partial charge is 0.409 e. The number of pyridine rings is 2. The van der Waals surface area contributed by atoms with E-state index in [1.54, 1.807) is 26.6 Å². The fourth-order valence-electron chi connectivity index (χ4n) is 7.27. The summed E-state index contributed by atoms with van der Waals surface area (Å²) in [6.07, 6.45) is 11.5. The first-order chi connectivity index (χ1) is 23.7. The molecule has 3 heterocycles. The summed E-state index contributed by atoms with van der Waals surface area (Å²) in [5.41, 5.74) is 3.67. The minimum Gasteiger partial charge on any atom is -0.495 e. The van der Waals surface area contributed by atoms with Crippen molar-refractivity contribution in [3.05, 3.63) is 54.0 Å². The van der Waals surface area contributed by atoms with Crippen LogP contribution in [0.15, 0.2) is 41.1 Å². The highest BCUT2D eigenvalue weighted by Gasteiger charge is 2.35. The highest BCUT2D eigenvalue weighted by molar-refractivity contribution is 5.94. The lowest BCUT2D eigenvalue weighted by Crippen LogP contribution is -2.43. The van der Waals surface area contributed by atoms with Gasteiger partial charge in [0.25, 0.3) is 0 Å². The van der Waals surface area contributed by atoms with Gasteiger partial charge in [-0.3, -0.25) is 14.7 Å². The molecule has 49 heavy (non-hydrogen) atoms. The lowest BCUT2D eigenvalue weighted by molar-refractivity contribution is -0.124. The van der Waals surface area contributed by atoms with E-state index in [-0.39, 0.29) is 24.5 Å². The van der Waals surface area contributed by atoms with Gasteiger partial charge in [-0.05, 0) is 108 Å². The molecule has 0 spiro atoms. The number of methoxy groups -OCH3 is 1. The number of aryl methyl sites for hydroxylation is 1. The van der Waals surface area contributed by atoms with E-state index in [0.29, 0.717) is 62.2 Å². The topological polar surface area (TPSA) is 131 Å². The zero-order chi connectivity index (χ0) is 34.5. The van der Waals surface area contributed by atoms with Gasteiger partial charge in [-0.15, -0.1) is 0 Å². The van der Waals surface area contributed by atoms with Crippen molar-refractivity contribution in [2.24, 2.45) is 11.8 Å². The van der Waals surface area contributed by atoms with Crippen LogP contribution < -0.4 is 9.64 Å². The van der Waals surface area contributed by atoms with Gasteiger partial charge in [0.15, 0.2) is 5.89 Å². The molecule has 3 aliphatic carbocycles. The van der Waals surface area contributed by atoms with Crippen LogP contribution >= 0.6 is 0 Å². The van der Waals surface area contributed by atoms with Crippen molar-refractivity contribution in [1.29, 1.82) is 0 Å². The lowest BCUT2D eigenvalue weighted by atomic mass is 9.79. The van der Waals surface area contributed by atoms with Crippen LogP contribution in [0, 0.1) is 18.8 Å². The number of carbonyl (C=O) groups is 2. The average Bonchev–Trinajstić information content (AvgIpc) is 3.86. The van der Waals surface area contributed by atoms with Crippen LogP contribution in [0.5, 0.6) is 5.75 Å². The van der Waals surface area contributed by atoms with Gasteiger partial charge in [0.05, 0.1) is 18.9 Å². The number of hydrogen-bond acceptors (Lipinski definition) is 9. The number of hydrogen-bond donors (Lipinski definition) is 1. The molecule has 264 valence electrons. The number of oxazole rings is 1. The van der Waals surface area contributed by atoms with Crippen molar-refractivity contribution in [2.75, 3.05) is 32.1 Å². The van der Waals surface area contributed by atoms with Crippen LogP contribution in [0.1, 0.15) is 107 Å². The van der Waals surface area contributed by atoms with E-state index in [4.69, 9.17) is 28.8 Å². The molecule has 3 aromatic rings. The lowest BCUT2D eigenvalue weighted by Gasteiger charge is -2.35. The minimum atomic E-state index is -0.577. The number of amides is 2. The number of aliphatic hydroxyl groups excluding tert-OH is 1. The minimum absolute atomic E-state index is 0.0750. The molecule has 0 bridgehead atoms. The van der Waals surface area contributed by atoms with Crippen molar-refractivity contribution >= 4 is 17.8 Å². The Bertz CT molecular complexity index is 1570. The molecule has 3 saturated carbocycles. The molecule has 0 radical (unpaired) electrons. The zero-order valence-corrected chi connectivity index (χ0v) is 29.3. The summed E-state index contributed by atoms with van der Waals surface area (Å²) in [4.78, 5) is 44.6. The maximum absolute atomic E-state index is 14.4. The van der Waals surface area contributed by atoms with Crippen molar-refractivity contribution in [3.8, 4) is 17.0 Å².